The highest BCUT2D eigenvalue weighted by Gasteiger charge is 2.41. The summed E-state index contributed by atoms with van der Waals surface area (Å²) in [6.45, 7) is 9.67. The Morgan fingerprint density at radius 2 is 1.89 bits per heavy atom. The molecule has 3 heterocycles. The molecular weight excluding hydrogens is 472 g/mol. The van der Waals surface area contributed by atoms with Crippen LogP contribution in [-0.2, 0) is 9.47 Å². The molecule has 1 saturated heterocycles. The second-order valence-corrected chi connectivity index (χ2v) is 10.8. The maximum atomic E-state index is 14.0. The Balaban J connectivity index is 1.82. The molecule has 1 amide bonds. The Labute approximate surface area is 209 Å². The molecule has 9 nitrogen and oxygen atoms in total. The van der Waals surface area contributed by atoms with Crippen LogP contribution < -0.4 is 4.90 Å². The monoisotopic (exact) mass is 507 g/mol. The van der Waals surface area contributed by atoms with Gasteiger partial charge < -0.3 is 14.6 Å². The van der Waals surface area contributed by atoms with E-state index in [0.29, 0.717) is 18.7 Å². The average molecular weight is 508 g/mol. The van der Waals surface area contributed by atoms with Gasteiger partial charge in [0.25, 0.3) is 5.95 Å². The fraction of sp³-hybridized carbons (Fsp3) is 0.680. The highest BCUT2D eigenvalue weighted by Crippen LogP contribution is 2.38. The topological polar surface area (TPSA) is 103 Å². The summed E-state index contributed by atoms with van der Waals surface area (Å²) in [6, 6.07) is 2.99. The van der Waals surface area contributed by atoms with Crippen LogP contribution in [0, 0.1) is 13.8 Å². The number of aliphatic hydroxyl groups is 1. The third kappa shape index (κ3) is 6.00. The Morgan fingerprint density at radius 3 is 2.47 bits per heavy atom. The second-order valence-electron chi connectivity index (χ2n) is 10.8. The van der Waals surface area contributed by atoms with Gasteiger partial charge in [-0.3, -0.25) is 4.90 Å². The number of amides is 1. The number of carbonyl (C=O) groups excluding carboxylic acids is 1. The summed E-state index contributed by atoms with van der Waals surface area (Å²) in [4.78, 5) is 24.2. The van der Waals surface area contributed by atoms with E-state index in [2.05, 4.69) is 15.1 Å². The molecule has 2 fully saturated rings. The van der Waals surface area contributed by atoms with E-state index < -0.39 is 35.7 Å². The molecule has 0 aromatic carbocycles. The maximum Gasteiger partial charge on any atom is 0.416 e. The number of aromatic nitrogens is 4. The Morgan fingerprint density at radius 1 is 1.19 bits per heavy atom. The smallest absolute Gasteiger partial charge is 0.416 e. The lowest BCUT2D eigenvalue weighted by atomic mass is 9.91. The lowest BCUT2D eigenvalue weighted by Crippen LogP contribution is -2.47. The number of halogens is 2. The van der Waals surface area contributed by atoms with Crippen molar-refractivity contribution in [3.8, 4) is 5.95 Å². The molecule has 36 heavy (non-hydrogen) atoms. The molecule has 1 aliphatic carbocycles. The van der Waals surface area contributed by atoms with Gasteiger partial charge in [-0.15, -0.1) is 0 Å². The molecule has 1 N–H and O–H groups in total. The van der Waals surface area contributed by atoms with Gasteiger partial charge >= 0.3 is 6.09 Å². The molecule has 0 unspecified atom stereocenters. The van der Waals surface area contributed by atoms with Crippen LogP contribution >= 0.6 is 0 Å². The number of ether oxygens (including phenoxy) is 2. The quantitative estimate of drug-likeness (QED) is 0.652. The molecule has 1 saturated carbocycles. The molecule has 2 aromatic heterocycles. The average Bonchev–Trinajstić information content (AvgIpc) is 3.12. The number of carbonyl (C=O) groups is 1. The first-order valence-electron chi connectivity index (χ1n) is 12.4. The molecule has 1 aliphatic heterocycles. The summed E-state index contributed by atoms with van der Waals surface area (Å²) in [5.41, 5.74) is 1.25. The van der Waals surface area contributed by atoms with E-state index in [-0.39, 0.29) is 44.1 Å². The van der Waals surface area contributed by atoms with E-state index in [1.54, 1.807) is 31.5 Å². The minimum atomic E-state index is -2.76. The third-order valence-electron chi connectivity index (χ3n) is 6.51. The summed E-state index contributed by atoms with van der Waals surface area (Å²) in [5.74, 6) is -2.75. The predicted octanol–water partition coefficient (Wildman–Crippen LogP) is 4.46. The number of hydrogen-bond donors (Lipinski definition) is 1. The SMILES string of the molecule is Cc1cc(C)n(-c2nc([C@H]3COCC[C@H]3O)cc(N(C(=O)OC(C)(C)C)C3CCC(F)(F)CC3)n2)n1. The van der Waals surface area contributed by atoms with Crippen LogP contribution in [0.4, 0.5) is 19.4 Å². The van der Waals surface area contributed by atoms with E-state index in [4.69, 9.17) is 9.47 Å². The Hall–Kier alpha value is -2.66. The summed E-state index contributed by atoms with van der Waals surface area (Å²) < 4.78 is 40.8. The molecule has 11 heteroatoms. The van der Waals surface area contributed by atoms with Crippen molar-refractivity contribution in [2.24, 2.45) is 0 Å². The number of alkyl halides is 2. The number of aryl methyl sites for hydroxylation is 2. The fourth-order valence-corrected chi connectivity index (χ4v) is 4.71. The van der Waals surface area contributed by atoms with E-state index in [0.717, 1.165) is 11.4 Å². The van der Waals surface area contributed by atoms with Crippen molar-refractivity contribution in [2.75, 3.05) is 18.1 Å². The van der Waals surface area contributed by atoms with Crippen LogP contribution in [0.2, 0.25) is 0 Å². The third-order valence-corrected chi connectivity index (χ3v) is 6.51. The van der Waals surface area contributed by atoms with Crippen molar-refractivity contribution < 1.29 is 28.2 Å². The Kier molecular flexibility index (Phi) is 7.34. The van der Waals surface area contributed by atoms with Gasteiger partial charge in [0.2, 0.25) is 5.92 Å². The zero-order valence-corrected chi connectivity index (χ0v) is 21.5. The minimum Gasteiger partial charge on any atom is -0.443 e. The first-order chi connectivity index (χ1) is 16.8. The highest BCUT2D eigenvalue weighted by atomic mass is 19.3. The van der Waals surface area contributed by atoms with Gasteiger partial charge in [-0.05, 0) is 59.9 Å². The lowest BCUT2D eigenvalue weighted by molar-refractivity contribution is -0.0389. The van der Waals surface area contributed by atoms with Crippen LogP contribution in [0.3, 0.4) is 0 Å². The van der Waals surface area contributed by atoms with Crippen molar-refractivity contribution in [1.29, 1.82) is 0 Å². The number of nitrogens with zero attached hydrogens (tertiary/aromatic N) is 5. The Bertz CT molecular complexity index is 1090. The van der Waals surface area contributed by atoms with E-state index in [9.17, 15) is 18.7 Å². The molecule has 2 aromatic rings. The highest BCUT2D eigenvalue weighted by molar-refractivity contribution is 5.87. The van der Waals surface area contributed by atoms with Gasteiger partial charge in [-0.1, -0.05) is 0 Å². The number of rotatable bonds is 4. The van der Waals surface area contributed by atoms with E-state index >= 15 is 0 Å². The number of aliphatic hydroxyl groups excluding tert-OH is 1. The largest absolute Gasteiger partial charge is 0.443 e. The molecule has 2 atom stereocenters. The summed E-state index contributed by atoms with van der Waals surface area (Å²) in [5, 5.41) is 15.2. The van der Waals surface area contributed by atoms with Crippen LogP contribution in [-0.4, -0.2) is 67.8 Å². The van der Waals surface area contributed by atoms with Gasteiger partial charge in [-0.25, -0.2) is 23.2 Å². The number of anilines is 1. The molecule has 2 aliphatic rings. The molecule has 4 rings (SSSR count). The number of hydrogen-bond acceptors (Lipinski definition) is 7. The van der Waals surface area contributed by atoms with Gasteiger partial charge in [0.1, 0.15) is 11.4 Å². The lowest BCUT2D eigenvalue weighted by Gasteiger charge is -2.37. The zero-order valence-electron chi connectivity index (χ0n) is 21.5. The predicted molar refractivity (Wildman–Crippen MR) is 129 cm³/mol. The van der Waals surface area contributed by atoms with E-state index in [1.807, 2.05) is 19.9 Å². The summed E-state index contributed by atoms with van der Waals surface area (Å²) in [6.07, 6.45) is -1.33. The molecule has 0 spiro atoms. The van der Waals surface area contributed by atoms with Crippen molar-refractivity contribution in [3.63, 3.8) is 0 Å². The van der Waals surface area contributed by atoms with Gasteiger partial charge in [0.05, 0.1) is 30.0 Å². The first-order valence-corrected chi connectivity index (χ1v) is 12.4. The normalized spacial score (nSPS) is 22.9. The van der Waals surface area contributed by atoms with Crippen molar-refractivity contribution in [1.82, 2.24) is 19.7 Å². The first kappa shape index (κ1) is 26.4. The van der Waals surface area contributed by atoms with Crippen LogP contribution in [0.25, 0.3) is 5.95 Å². The van der Waals surface area contributed by atoms with Crippen LogP contribution in [0.1, 0.15) is 75.9 Å². The van der Waals surface area contributed by atoms with Gasteiger partial charge in [0, 0.05) is 37.3 Å². The van der Waals surface area contributed by atoms with Crippen molar-refractivity contribution >= 4 is 11.9 Å². The standard InChI is InChI=1S/C25H35F2N5O4/c1-15-12-16(2)32(30-15)22-28-19(18-14-35-11-8-20(18)33)13-21(29-22)31(23(34)36-24(3,4)5)17-6-9-25(26,27)10-7-17/h12-13,17-18,20,33H,6-11,14H2,1-5H3/t18-,20-/m1/s1. The van der Waals surface area contributed by atoms with Gasteiger partial charge in [-0.2, -0.15) is 10.1 Å². The molecular formula is C25H35F2N5O4. The van der Waals surface area contributed by atoms with Gasteiger partial charge in [0.15, 0.2) is 0 Å². The van der Waals surface area contributed by atoms with Crippen LogP contribution in [0.5, 0.6) is 0 Å². The molecule has 0 bridgehead atoms. The fourth-order valence-electron chi connectivity index (χ4n) is 4.71. The van der Waals surface area contributed by atoms with Crippen molar-refractivity contribution in [2.45, 2.75) is 96.3 Å². The molecule has 198 valence electrons. The van der Waals surface area contributed by atoms with Crippen LogP contribution in [0.15, 0.2) is 12.1 Å². The van der Waals surface area contributed by atoms with Crippen molar-refractivity contribution in [3.05, 3.63) is 29.2 Å². The second kappa shape index (κ2) is 10.0. The summed E-state index contributed by atoms with van der Waals surface area (Å²) in [7, 11) is 0. The zero-order chi connectivity index (χ0) is 26.3. The maximum absolute atomic E-state index is 14.0. The van der Waals surface area contributed by atoms with E-state index in [1.165, 1.54) is 4.90 Å². The molecule has 0 radical (unpaired) electrons. The summed E-state index contributed by atoms with van der Waals surface area (Å²) >= 11 is 0. The minimum absolute atomic E-state index is 0.107.